The molecular formula is C31H47N7O3. The van der Waals surface area contributed by atoms with Crippen LogP contribution in [0.5, 0.6) is 5.75 Å². The molecule has 3 fully saturated rings. The minimum atomic E-state index is -0.122. The Balaban J connectivity index is 1.56. The third-order valence-corrected chi connectivity index (χ3v) is 8.56. The topological polar surface area (TPSA) is 116 Å². The van der Waals surface area contributed by atoms with Crippen LogP contribution in [-0.2, 0) is 4.79 Å². The summed E-state index contributed by atoms with van der Waals surface area (Å²) < 4.78 is 5.63. The molecule has 4 rings (SSSR count). The summed E-state index contributed by atoms with van der Waals surface area (Å²) in [4.78, 5) is 37.4. The Morgan fingerprint density at radius 2 is 1.90 bits per heavy atom. The van der Waals surface area contributed by atoms with Gasteiger partial charge in [0.25, 0.3) is 5.91 Å². The molecule has 41 heavy (non-hydrogen) atoms. The van der Waals surface area contributed by atoms with Gasteiger partial charge >= 0.3 is 0 Å². The van der Waals surface area contributed by atoms with Crippen molar-refractivity contribution in [1.82, 2.24) is 20.0 Å². The van der Waals surface area contributed by atoms with Gasteiger partial charge in [-0.1, -0.05) is 32.8 Å². The van der Waals surface area contributed by atoms with Crippen molar-refractivity contribution in [3.63, 3.8) is 0 Å². The van der Waals surface area contributed by atoms with Crippen LogP contribution in [-0.4, -0.2) is 85.3 Å². The Morgan fingerprint density at radius 3 is 2.54 bits per heavy atom. The van der Waals surface area contributed by atoms with Gasteiger partial charge < -0.3 is 35.8 Å². The van der Waals surface area contributed by atoms with E-state index in [9.17, 15) is 9.59 Å². The highest BCUT2D eigenvalue weighted by atomic mass is 16.5. The maximum Gasteiger partial charge on any atom is 0.251 e. The number of amidine groups is 1. The fraction of sp³-hybridized carbons (Fsp3) is 0.581. The van der Waals surface area contributed by atoms with Crippen molar-refractivity contribution in [3.05, 3.63) is 48.1 Å². The number of hydrogen-bond donors (Lipinski definition) is 3. The van der Waals surface area contributed by atoms with Crippen molar-refractivity contribution in [1.29, 1.82) is 0 Å². The van der Waals surface area contributed by atoms with Crippen LogP contribution in [0.15, 0.2) is 47.5 Å². The Kier molecular flexibility index (Phi) is 10.3. The van der Waals surface area contributed by atoms with Gasteiger partial charge in [-0.05, 0) is 70.4 Å². The molecule has 2 aliphatic heterocycles. The zero-order valence-corrected chi connectivity index (χ0v) is 25.1. The molecule has 1 unspecified atom stereocenters. The predicted molar refractivity (Wildman–Crippen MR) is 164 cm³/mol. The average molecular weight is 566 g/mol. The minimum absolute atomic E-state index is 0.0612. The van der Waals surface area contributed by atoms with E-state index >= 15 is 0 Å². The van der Waals surface area contributed by atoms with Gasteiger partial charge in [-0.15, -0.1) is 0 Å². The lowest BCUT2D eigenvalue weighted by molar-refractivity contribution is -0.132. The highest BCUT2D eigenvalue weighted by Crippen LogP contribution is 2.32. The van der Waals surface area contributed by atoms with Crippen LogP contribution < -0.4 is 21.1 Å². The molecule has 1 aromatic rings. The van der Waals surface area contributed by atoms with Crippen LogP contribution in [0.4, 0.5) is 5.69 Å². The number of anilines is 1. The Bertz CT molecular complexity index is 1170. The smallest absolute Gasteiger partial charge is 0.251 e. The van der Waals surface area contributed by atoms with E-state index in [-0.39, 0.29) is 23.8 Å². The molecule has 1 atom stereocenters. The first-order chi connectivity index (χ1) is 19.7. The molecule has 1 aromatic carbocycles. The maximum atomic E-state index is 13.4. The summed E-state index contributed by atoms with van der Waals surface area (Å²) >= 11 is 0. The number of piperidine rings is 1. The Hall–Kier alpha value is -3.53. The highest BCUT2D eigenvalue weighted by Gasteiger charge is 2.38. The number of rotatable bonds is 9. The van der Waals surface area contributed by atoms with E-state index in [0.29, 0.717) is 46.9 Å². The molecule has 10 nitrogen and oxygen atoms in total. The zero-order valence-electron chi connectivity index (χ0n) is 25.1. The van der Waals surface area contributed by atoms with Crippen molar-refractivity contribution in [2.24, 2.45) is 16.6 Å². The second-order valence-corrected chi connectivity index (χ2v) is 11.5. The summed E-state index contributed by atoms with van der Waals surface area (Å²) in [6.45, 7) is 8.85. The third kappa shape index (κ3) is 7.22. The van der Waals surface area contributed by atoms with Crippen LogP contribution in [0, 0.1) is 5.92 Å². The molecule has 10 heteroatoms. The number of methoxy groups -OCH3 is 1. The predicted octanol–water partition coefficient (Wildman–Crippen LogP) is 3.73. The number of likely N-dealkylation sites (N-methyl/N-ethyl adjacent to an activating group) is 1. The number of carbonyl (C=O) groups is 2. The van der Waals surface area contributed by atoms with E-state index in [0.717, 1.165) is 64.5 Å². The lowest BCUT2D eigenvalue weighted by Crippen LogP contribution is -2.43. The number of nitrogens with two attached hydrogens (primary N) is 1. The van der Waals surface area contributed by atoms with Gasteiger partial charge in [0.15, 0.2) is 5.84 Å². The Labute approximate surface area is 244 Å². The summed E-state index contributed by atoms with van der Waals surface area (Å²) in [6, 6.07) is 5.79. The number of likely N-dealkylation sites (tertiary alicyclic amines) is 1. The summed E-state index contributed by atoms with van der Waals surface area (Å²) in [7, 11) is 5.44. The number of carbonyl (C=O) groups excluding carboxylic acids is 2. The van der Waals surface area contributed by atoms with Gasteiger partial charge in [-0.25, -0.2) is 4.99 Å². The molecule has 0 spiro atoms. The standard InChI is InChI=1S/C31H47N7O3/c1-6-9-23-20-38(25-10-7-8-11-25)29(27(19-32)37(4)31(23)40)34-21(2)33-26-13-12-22(18-28(26)41-5)30(39)35-24-14-16-36(3)17-15-24/h12-13,18-19,23-25,33H,2,6-11,14-17,20,32H2,1,3-5H3,(H,35,39)/b27-19+,34-29+. The first kappa shape index (κ1) is 30.4. The molecule has 2 saturated heterocycles. The van der Waals surface area contributed by atoms with E-state index in [1.807, 2.05) is 6.07 Å². The average Bonchev–Trinajstić information content (AvgIpc) is 3.48. The molecule has 0 radical (unpaired) electrons. The van der Waals surface area contributed by atoms with Crippen LogP contribution in [0.3, 0.4) is 0 Å². The van der Waals surface area contributed by atoms with Gasteiger partial charge in [0.05, 0.1) is 18.7 Å². The SMILES string of the molecule is C=C(/N=C1\C(=C/N)N(C)C(=O)C(CCC)CN1C1CCCC1)Nc1ccc(C(=O)NC2CCN(C)CC2)cc1OC. The van der Waals surface area contributed by atoms with E-state index in [2.05, 4.69) is 41.0 Å². The van der Waals surface area contributed by atoms with Crippen molar-refractivity contribution < 1.29 is 14.3 Å². The fourth-order valence-electron chi connectivity index (χ4n) is 6.17. The van der Waals surface area contributed by atoms with Crippen molar-refractivity contribution in [2.75, 3.05) is 46.2 Å². The summed E-state index contributed by atoms with van der Waals surface area (Å²) in [5, 5.41) is 6.41. The molecule has 3 aliphatic rings. The number of aliphatic imine (C=N–C) groups is 1. The Morgan fingerprint density at radius 1 is 1.20 bits per heavy atom. The fourth-order valence-corrected chi connectivity index (χ4v) is 6.17. The van der Waals surface area contributed by atoms with Crippen LogP contribution in [0.2, 0.25) is 0 Å². The summed E-state index contributed by atoms with van der Waals surface area (Å²) in [5.41, 5.74) is 7.88. The molecule has 0 bridgehead atoms. The van der Waals surface area contributed by atoms with Gasteiger partial charge in [0.2, 0.25) is 5.91 Å². The van der Waals surface area contributed by atoms with E-state index in [1.165, 1.54) is 6.20 Å². The molecule has 0 aromatic heterocycles. The number of nitrogens with zero attached hydrogens (tertiary/aromatic N) is 4. The first-order valence-electron chi connectivity index (χ1n) is 14.9. The normalized spacial score (nSPS) is 23.2. The van der Waals surface area contributed by atoms with E-state index in [4.69, 9.17) is 15.5 Å². The highest BCUT2D eigenvalue weighted by molar-refractivity contribution is 6.04. The first-order valence-corrected chi connectivity index (χ1v) is 14.9. The van der Waals surface area contributed by atoms with Crippen LogP contribution in [0.1, 0.15) is 68.6 Å². The second kappa shape index (κ2) is 13.9. The van der Waals surface area contributed by atoms with Crippen LogP contribution in [0.25, 0.3) is 0 Å². The van der Waals surface area contributed by atoms with Crippen molar-refractivity contribution in [2.45, 2.75) is 70.4 Å². The molecule has 1 saturated carbocycles. The second-order valence-electron chi connectivity index (χ2n) is 11.5. The van der Waals surface area contributed by atoms with Crippen LogP contribution >= 0.6 is 0 Å². The summed E-state index contributed by atoms with van der Waals surface area (Å²) in [6.07, 6.45) is 9.53. The molecule has 2 amide bonds. The van der Waals surface area contributed by atoms with Crippen molar-refractivity contribution >= 4 is 23.3 Å². The number of ether oxygens (including phenoxy) is 1. The number of amides is 2. The molecular weight excluding hydrogens is 518 g/mol. The molecule has 224 valence electrons. The maximum absolute atomic E-state index is 13.4. The zero-order chi connectivity index (χ0) is 29.5. The monoisotopic (exact) mass is 565 g/mol. The van der Waals surface area contributed by atoms with Gasteiger partial charge in [0, 0.05) is 37.4 Å². The lowest BCUT2D eigenvalue weighted by atomic mass is 10.0. The largest absolute Gasteiger partial charge is 0.495 e. The number of nitrogens with one attached hydrogen (secondary N) is 2. The van der Waals surface area contributed by atoms with E-state index in [1.54, 1.807) is 31.2 Å². The van der Waals surface area contributed by atoms with Gasteiger partial charge in [-0.3, -0.25) is 9.59 Å². The lowest BCUT2D eigenvalue weighted by Gasteiger charge is -2.32. The van der Waals surface area contributed by atoms with Gasteiger partial charge in [0.1, 0.15) is 17.3 Å². The van der Waals surface area contributed by atoms with Gasteiger partial charge in [-0.2, -0.15) is 0 Å². The number of hydrogen-bond acceptors (Lipinski definition) is 7. The minimum Gasteiger partial charge on any atom is -0.495 e. The molecule has 4 N–H and O–H groups in total. The molecule has 1 aliphatic carbocycles. The third-order valence-electron chi connectivity index (χ3n) is 8.56. The number of benzene rings is 1. The molecule has 2 heterocycles. The summed E-state index contributed by atoms with van der Waals surface area (Å²) in [5.74, 6) is 1.38. The van der Waals surface area contributed by atoms with Crippen molar-refractivity contribution in [3.8, 4) is 5.75 Å². The quantitative estimate of drug-likeness (QED) is 0.418. The van der Waals surface area contributed by atoms with E-state index < -0.39 is 0 Å².